The third-order valence-corrected chi connectivity index (χ3v) is 2.60. The van der Waals surface area contributed by atoms with E-state index in [-0.39, 0.29) is 0 Å². The molecule has 0 unspecified atom stereocenters. The number of ether oxygens (including phenoxy) is 1. The summed E-state index contributed by atoms with van der Waals surface area (Å²) in [6.45, 7) is 2.65. The largest absolute Gasteiger partial charge is 0.494 e. The van der Waals surface area contributed by atoms with Gasteiger partial charge in [-0.3, -0.25) is 0 Å². The highest BCUT2D eigenvalue weighted by molar-refractivity contribution is 9.10. The van der Waals surface area contributed by atoms with Crippen molar-refractivity contribution in [1.29, 1.82) is 0 Å². The van der Waals surface area contributed by atoms with Gasteiger partial charge in [-0.15, -0.1) is 12.6 Å². The second kappa shape index (κ2) is 4.02. The molecule has 0 saturated carbocycles. The van der Waals surface area contributed by atoms with Crippen molar-refractivity contribution in [3.63, 3.8) is 0 Å². The third kappa shape index (κ3) is 2.42. The SMILES string of the molecule is CCOc1ccc(Br)c(S)c1. The maximum atomic E-state index is 5.27. The molecule has 0 bridgehead atoms. The fourth-order valence-corrected chi connectivity index (χ4v) is 1.20. The van der Waals surface area contributed by atoms with Crippen LogP contribution in [0, 0.1) is 0 Å². The Morgan fingerprint density at radius 2 is 2.27 bits per heavy atom. The molecule has 1 rings (SSSR count). The zero-order chi connectivity index (χ0) is 8.27. The summed E-state index contributed by atoms with van der Waals surface area (Å²) in [7, 11) is 0. The number of thiol groups is 1. The molecule has 0 fully saturated rings. The van der Waals surface area contributed by atoms with Crippen molar-refractivity contribution in [2.45, 2.75) is 11.8 Å². The van der Waals surface area contributed by atoms with Crippen LogP contribution in [0.3, 0.4) is 0 Å². The van der Waals surface area contributed by atoms with Crippen molar-refractivity contribution >= 4 is 28.6 Å². The predicted octanol–water partition coefficient (Wildman–Crippen LogP) is 3.14. The third-order valence-electron chi connectivity index (χ3n) is 1.23. The van der Waals surface area contributed by atoms with Gasteiger partial charge in [0.25, 0.3) is 0 Å². The quantitative estimate of drug-likeness (QED) is 0.772. The monoisotopic (exact) mass is 232 g/mol. The molecule has 0 amide bonds. The van der Waals surface area contributed by atoms with Gasteiger partial charge >= 0.3 is 0 Å². The number of halogens is 1. The molecule has 0 N–H and O–H groups in total. The van der Waals surface area contributed by atoms with Crippen LogP contribution in [0.5, 0.6) is 5.75 Å². The van der Waals surface area contributed by atoms with Crippen molar-refractivity contribution in [2.75, 3.05) is 6.61 Å². The highest BCUT2D eigenvalue weighted by atomic mass is 79.9. The zero-order valence-electron chi connectivity index (χ0n) is 6.17. The molecule has 3 heteroatoms. The van der Waals surface area contributed by atoms with Gasteiger partial charge in [0.15, 0.2) is 0 Å². The van der Waals surface area contributed by atoms with Gasteiger partial charge in [0.2, 0.25) is 0 Å². The first-order valence-corrected chi connectivity index (χ1v) is 4.59. The lowest BCUT2D eigenvalue weighted by Crippen LogP contribution is -1.90. The van der Waals surface area contributed by atoms with E-state index < -0.39 is 0 Å². The molecule has 0 atom stereocenters. The molecule has 0 aromatic heterocycles. The highest BCUT2D eigenvalue weighted by Gasteiger charge is 1.96. The summed E-state index contributed by atoms with van der Waals surface area (Å²) in [4.78, 5) is 0.899. The molecule has 0 aliphatic carbocycles. The summed E-state index contributed by atoms with van der Waals surface area (Å²) in [5, 5.41) is 0. The second-order valence-electron chi connectivity index (χ2n) is 2.05. The maximum Gasteiger partial charge on any atom is 0.120 e. The van der Waals surface area contributed by atoms with Gasteiger partial charge in [0.1, 0.15) is 5.75 Å². The summed E-state index contributed by atoms with van der Waals surface area (Å²) in [6.07, 6.45) is 0. The van der Waals surface area contributed by atoms with Gasteiger partial charge in [0.05, 0.1) is 6.61 Å². The van der Waals surface area contributed by atoms with Crippen LogP contribution in [0.25, 0.3) is 0 Å². The Balaban J connectivity index is 2.86. The Bertz CT molecular complexity index is 250. The van der Waals surface area contributed by atoms with Gasteiger partial charge in [0, 0.05) is 9.37 Å². The number of hydrogen-bond acceptors (Lipinski definition) is 2. The molecule has 1 nitrogen and oxygen atoms in total. The minimum absolute atomic E-state index is 0.689. The van der Waals surface area contributed by atoms with Crippen molar-refractivity contribution in [2.24, 2.45) is 0 Å². The molecular formula is C8H9BrOS. The molecule has 0 radical (unpaired) electrons. The van der Waals surface area contributed by atoms with E-state index in [2.05, 4.69) is 28.6 Å². The Labute approximate surface area is 80.3 Å². The van der Waals surface area contributed by atoms with E-state index in [0.29, 0.717) is 6.61 Å². The Morgan fingerprint density at radius 1 is 1.55 bits per heavy atom. The van der Waals surface area contributed by atoms with Crippen LogP contribution in [0.15, 0.2) is 27.6 Å². The fraction of sp³-hybridized carbons (Fsp3) is 0.250. The molecule has 60 valence electrons. The number of benzene rings is 1. The molecule has 11 heavy (non-hydrogen) atoms. The van der Waals surface area contributed by atoms with Crippen LogP contribution < -0.4 is 4.74 Å². The summed E-state index contributed by atoms with van der Waals surface area (Å²) in [5.74, 6) is 0.862. The summed E-state index contributed by atoms with van der Waals surface area (Å²) < 4.78 is 6.26. The molecule has 1 aromatic rings. The molecule has 0 spiro atoms. The smallest absolute Gasteiger partial charge is 0.120 e. The Morgan fingerprint density at radius 3 is 2.82 bits per heavy atom. The van der Waals surface area contributed by atoms with E-state index in [1.54, 1.807) is 0 Å². The van der Waals surface area contributed by atoms with Gasteiger partial charge < -0.3 is 4.74 Å². The summed E-state index contributed by atoms with van der Waals surface area (Å²) in [6, 6.07) is 5.72. The molecule has 0 aliphatic rings. The average molecular weight is 233 g/mol. The zero-order valence-corrected chi connectivity index (χ0v) is 8.65. The molecular weight excluding hydrogens is 224 g/mol. The van der Waals surface area contributed by atoms with E-state index in [1.807, 2.05) is 25.1 Å². The van der Waals surface area contributed by atoms with Gasteiger partial charge in [-0.25, -0.2) is 0 Å². The second-order valence-corrected chi connectivity index (χ2v) is 3.38. The van der Waals surface area contributed by atoms with Crippen LogP contribution in [0.4, 0.5) is 0 Å². The Kier molecular flexibility index (Phi) is 3.27. The summed E-state index contributed by atoms with van der Waals surface area (Å²) >= 11 is 7.58. The van der Waals surface area contributed by atoms with E-state index in [9.17, 15) is 0 Å². The van der Waals surface area contributed by atoms with E-state index in [1.165, 1.54) is 0 Å². The van der Waals surface area contributed by atoms with Crippen LogP contribution in [0.2, 0.25) is 0 Å². The van der Waals surface area contributed by atoms with Crippen LogP contribution in [-0.4, -0.2) is 6.61 Å². The van der Waals surface area contributed by atoms with Crippen LogP contribution in [0.1, 0.15) is 6.92 Å². The van der Waals surface area contributed by atoms with Crippen molar-refractivity contribution in [1.82, 2.24) is 0 Å². The summed E-state index contributed by atoms with van der Waals surface area (Å²) in [5.41, 5.74) is 0. The fourth-order valence-electron chi connectivity index (χ4n) is 0.749. The standard InChI is InChI=1S/C8H9BrOS/c1-2-10-6-3-4-7(9)8(11)5-6/h3-5,11H,2H2,1H3. The lowest BCUT2D eigenvalue weighted by atomic mass is 10.3. The van der Waals surface area contributed by atoms with Crippen molar-refractivity contribution < 1.29 is 4.74 Å². The number of rotatable bonds is 2. The first-order chi connectivity index (χ1) is 5.24. The lowest BCUT2D eigenvalue weighted by molar-refractivity contribution is 0.339. The first kappa shape index (κ1) is 8.94. The van der Waals surface area contributed by atoms with Crippen LogP contribution >= 0.6 is 28.6 Å². The Hall–Kier alpha value is -0.150. The topological polar surface area (TPSA) is 9.23 Å². The van der Waals surface area contributed by atoms with Gasteiger partial charge in [-0.2, -0.15) is 0 Å². The molecule has 0 saturated heterocycles. The predicted molar refractivity (Wildman–Crippen MR) is 52.6 cm³/mol. The van der Waals surface area contributed by atoms with Crippen LogP contribution in [-0.2, 0) is 0 Å². The minimum atomic E-state index is 0.689. The highest BCUT2D eigenvalue weighted by Crippen LogP contribution is 2.25. The molecule has 1 aromatic carbocycles. The average Bonchev–Trinajstić information content (AvgIpc) is 1.98. The molecule has 0 aliphatic heterocycles. The van der Waals surface area contributed by atoms with E-state index in [0.717, 1.165) is 15.1 Å². The normalized spacial score (nSPS) is 9.73. The first-order valence-electron chi connectivity index (χ1n) is 3.35. The molecule has 0 heterocycles. The number of hydrogen-bond donors (Lipinski definition) is 1. The van der Waals surface area contributed by atoms with Gasteiger partial charge in [-0.05, 0) is 41.1 Å². The minimum Gasteiger partial charge on any atom is -0.494 e. The van der Waals surface area contributed by atoms with E-state index in [4.69, 9.17) is 4.74 Å². The van der Waals surface area contributed by atoms with Crippen molar-refractivity contribution in [3.05, 3.63) is 22.7 Å². The van der Waals surface area contributed by atoms with Gasteiger partial charge in [-0.1, -0.05) is 0 Å². The van der Waals surface area contributed by atoms with E-state index >= 15 is 0 Å². The lowest BCUT2D eigenvalue weighted by Gasteiger charge is -2.03. The maximum absolute atomic E-state index is 5.27. The van der Waals surface area contributed by atoms with Crippen molar-refractivity contribution in [3.8, 4) is 5.75 Å².